The molecule has 1 unspecified atom stereocenters. The number of rotatable bonds is 5. The number of halogens is 2. The Balaban J connectivity index is 1.89. The van der Waals surface area contributed by atoms with E-state index in [0.29, 0.717) is 34.3 Å². The van der Waals surface area contributed by atoms with Crippen molar-refractivity contribution < 1.29 is 18.7 Å². The molecule has 1 aliphatic carbocycles. The van der Waals surface area contributed by atoms with Gasteiger partial charge >= 0.3 is 0 Å². The minimum absolute atomic E-state index is 0.0932. The van der Waals surface area contributed by atoms with Crippen LogP contribution in [0.5, 0.6) is 0 Å². The lowest BCUT2D eigenvalue weighted by Crippen LogP contribution is -2.44. The van der Waals surface area contributed by atoms with E-state index in [1.807, 2.05) is 0 Å². The Kier molecular flexibility index (Phi) is 5.61. The van der Waals surface area contributed by atoms with Gasteiger partial charge in [0.1, 0.15) is 17.4 Å². The molecule has 1 heterocycles. The van der Waals surface area contributed by atoms with Crippen molar-refractivity contribution in [3.8, 4) is 0 Å². The number of nitrogens with two attached hydrogens (primary N) is 1. The lowest BCUT2D eigenvalue weighted by Gasteiger charge is -2.35. The van der Waals surface area contributed by atoms with Gasteiger partial charge in [-0.2, -0.15) is 4.73 Å². The quantitative estimate of drug-likeness (QED) is 0.487. The monoisotopic (exact) mass is 439 g/mol. The number of nitrogens with zero attached hydrogens (tertiary/aromatic N) is 2. The van der Waals surface area contributed by atoms with E-state index in [9.17, 15) is 19.2 Å². The van der Waals surface area contributed by atoms with Crippen LogP contribution in [0.15, 0.2) is 67.0 Å². The van der Waals surface area contributed by atoms with Crippen LogP contribution < -0.4 is 10.5 Å². The summed E-state index contributed by atoms with van der Waals surface area (Å²) < 4.78 is 15.0. The van der Waals surface area contributed by atoms with Crippen molar-refractivity contribution in [3.05, 3.63) is 105 Å². The number of hydrogen-bond donors (Lipinski definition) is 1. The number of primary amides is 1. The topological polar surface area (TPSA) is 90.3 Å². The molecule has 3 aromatic rings. The van der Waals surface area contributed by atoms with Crippen LogP contribution in [0, 0.1) is 11.0 Å². The summed E-state index contributed by atoms with van der Waals surface area (Å²) in [4.78, 5) is 27.6. The maximum atomic E-state index is 14.5. The van der Waals surface area contributed by atoms with Gasteiger partial charge in [-0.15, -0.1) is 0 Å². The van der Waals surface area contributed by atoms with Gasteiger partial charge < -0.3 is 15.8 Å². The fourth-order valence-electron chi connectivity index (χ4n) is 4.18. The van der Waals surface area contributed by atoms with E-state index in [-0.39, 0.29) is 10.6 Å². The first-order chi connectivity index (χ1) is 14.9. The maximum Gasteiger partial charge on any atom is 0.261 e. The average molecular weight is 440 g/mol. The van der Waals surface area contributed by atoms with E-state index < -0.39 is 29.7 Å². The van der Waals surface area contributed by atoms with Gasteiger partial charge in [0, 0.05) is 11.1 Å². The van der Waals surface area contributed by atoms with Crippen LogP contribution in [-0.2, 0) is 11.2 Å². The van der Waals surface area contributed by atoms with Gasteiger partial charge in [-0.3, -0.25) is 9.59 Å². The molecule has 4 rings (SSSR count). The number of aromatic nitrogens is 1. The van der Waals surface area contributed by atoms with Gasteiger partial charge in [-0.05, 0) is 47.7 Å². The van der Waals surface area contributed by atoms with Crippen molar-refractivity contribution >= 4 is 23.4 Å². The molecule has 158 valence electrons. The Morgan fingerprint density at radius 3 is 2.61 bits per heavy atom. The highest BCUT2D eigenvalue weighted by Crippen LogP contribution is 2.43. The summed E-state index contributed by atoms with van der Waals surface area (Å²) in [5, 5.41) is 12.0. The van der Waals surface area contributed by atoms with Gasteiger partial charge in [-0.25, -0.2) is 4.39 Å². The Labute approximate surface area is 183 Å². The molecular weight excluding hydrogens is 421 g/mol. The standard InChI is InChI=1S/C23H19ClFN3O3/c24-16-11-18-17(19(25)12-16)8-9-20(18)28(23(30)15-7-4-10-27(31)13-15)21(22(26)29)14-5-2-1-3-6-14/h1-7,10-13,20-21H,8-9H2,(H2,26,29)/t20-,21?/m1/s1. The average Bonchev–Trinajstić information content (AvgIpc) is 3.15. The minimum Gasteiger partial charge on any atom is -0.619 e. The number of fused-ring (bicyclic) bond motifs is 1. The van der Waals surface area contributed by atoms with Crippen LogP contribution in [0.1, 0.15) is 45.6 Å². The highest BCUT2D eigenvalue weighted by Gasteiger charge is 2.40. The molecule has 2 aromatic carbocycles. The van der Waals surface area contributed by atoms with E-state index in [4.69, 9.17) is 17.3 Å². The van der Waals surface area contributed by atoms with Crippen molar-refractivity contribution in [1.29, 1.82) is 0 Å². The number of carbonyl (C=O) groups is 2. The largest absolute Gasteiger partial charge is 0.619 e. The van der Waals surface area contributed by atoms with Gasteiger partial charge in [0.05, 0.1) is 6.04 Å². The molecule has 2 atom stereocenters. The summed E-state index contributed by atoms with van der Waals surface area (Å²) in [7, 11) is 0. The number of pyridine rings is 1. The second-order valence-corrected chi connectivity index (χ2v) is 7.83. The van der Waals surface area contributed by atoms with Crippen LogP contribution in [0.3, 0.4) is 0 Å². The molecular formula is C23H19ClFN3O3. The van der Waals surface area contributed by atoms with Crippen molar-refractivity contribution in [1.82, 2.24) is 4.90 Å². The zero-order valence-electron chi connectivity index (χ0n) is 16.4. The first-order valence-electron chi connectivity index (χ1n) is 9.70. The van der Waals surface area contributed by atoms with E-state index in [1.54, 1.807) is 36.4 Å². The maximum absolute atomic E-state index is 14.5. The third-order valence-corrected chi connectivity index (χ3v) is 5.70. The van der Waals surface area contributed by atoms with Crippen LogP contribution in [-0.4, -0.2) is 16.7 Å². The molecule has 0 aliphatic heterocycles. The third-order valence-electron chi connectivity index (χ3n) is 5.48. The first-order valence-corrected chi connectivity index (χ1v) is 10.1. The molecule has 1 aliphatic rings. The SMILES string of the molecule is NC(=O)C(c1ccccc1)N(C(=O)c1ccc[n+]([O-])c1)[C@@H]1CCc2c(F)cc(Cl)cc21. The summed E-state index contributed by atoms with van der Waals surface area (Å²) in [6.45, 7) is 0. The van der Waals surface area contributed by atoms with E-state index in [1.165, 1.54) is 29.3 Å². The van der Waals surface area contributed by atoms with Gasteiger partial charge in [-0.1, -0.05) is 41.9 Å². The van der Waals surface area contributed by atoms with Crippen molar-refractivity contribution in [2.75, 3.05) is 0 Å². The zero-order valence-corrected chi connectivity index (χ0v) is 17.1. The van der Waals surface area contributed by atoms with E-state index in [2.05, 4.69) is 0 Å². The Bertz CT molecular complexity index is 1160. The molecule has 0 radical (unpaired) electrons. The fraction of sp³-hybridized carbons (Fsp3) is 0.174. The Hall–Kier alpha value is -3.45. The summed E-state index contributed by atoms with van der Waals surface area (Å²) in [6, 6.07) is 12.7. The number of carbonyl (C=O) groups excluding carboxylic acids is 2. The number of hydrogen-bond acceptors (Lipinski definition) is 3. The highest BCUT2D eigenvalue weighted by atomic mass is 35.5. The Morgan fingerprint density at radius 2 is 1.94 bits per heavy atom. The second-order valence-electron chi connectivity index (χ2n) is 7.39. The summed E-state index contributed by atoms with van der Waals surface area (Å²) >= 11 is 6.10. The van der Waals surface area contributed by atoms with Crippen LogP contribution in [0.2, 0.25) is 5.02 Å². The van der Waals surface area contributed by atoms with Gasteiger partial charge in [0.25, 0.3) is 5.91 Å². The molecule has 0 saturated heterocycles. The lowest BCUT2D eigenvalue weighted by atomic mass is 9.98. The molecule has 0 fully saturated rings. The third kappa shape index (κ3) is 3.96. The summed E-state index contributed by atoms with van der Waals surface area (Å²) in [5.74, 6) is -1.75. The lowest BCUT2D eigenvalue weighted by molar-refractivity contribution is -0.605. The molecule has 2 amide bonds. The molecule has 0 bridgehead atoms. The normalized spacial score (nSPS) is 15.9. The molecule has 8 heteroatoms. The molecule has 0 saturated carbocycles. The predicted octanol–water partition coefficient (Wildman–Crippen LogP) is 3.47. The fourth-order valence-corrected chi connectivity index (χ4v) is 4.39. The van der Waals surface area contributed by atoms with Crippen molar-refractivity contribution in [2.45, 2.75) is 24.9 Å². The van der Waals surface area contributed by atoms with Gasteiger partial charge in [0.2, 0.25) is 5.91 Å². The molecule has 31 heavy (non-hydrogen) atoms. The molecule has 2 N–H and O–H groups in total. The number of amides is 2. The van der Waals surface area contributed by atoms with Crippen LogP contribution >= 0.6 is 11.6 Å². The number of benzene rings is 2. The van der Waals surface area contributed by atoms with Crippen molar-refractivity contribution in [2.24, 2.45) is 5.73 Å². The highest BCUT2D eigenvalue weighted by molar-refractivity contribution is 6.30. The van der Waals surface area contributed by atoms with Crippen molar-refractivity contribution in [3.63, 3.8) is 0 Å². The second kappa shape index (κ2) is 8.35. The minimum atomic E-state index is -1.12. The molecule has 1 aromatic heterocycles. The van der Waals surface area contributed by atoms with Crippen LogP contribution in [0.25, 0.3) is 0 Å². The molecule has 0 spiro atoms. The molecule has 6 nitrogen and oxygen atoms in total. The van der Waals surface area contributed by atoms with E-state index in [0.717, 1.165) is 6.20 Å². The van der Waals surface area contributed by atoms with E-state index >= 15 is 0 Å². The zero-order chi connectivity index (χ0) is 22.1. The first kappa shape index (κ1) is 20.8. The predicted molar refractivity (Wildman–Crippen MR) is 112 cm³/mol. The van der Waals surface area contributed by atoms with Gasteiger partial charge in [0.15, 0.2) is 12.4 Å². The summed E-state index contributed by atoms with van der Waals surface area (Å²) in [5.41, 5.74) is 7.36. The Morgan fingerprint density at radius 1 is 1.19 bits per heavy atom. The summed E-state index contributed by atoms with van der Waals surface area (Å²) in [6.07, 6.45) is 3.15. The van der Waals surface area contributed by atoms with Crippen LogP contribution in [0.4, 0.5) is 4.39 Å². The smallest absolute Gasteiger partial charge is 0.261 e.